The number of fused-ring (bicyclic) bond motifs is 7. The second-order valence-electron chi connectivity index (χ2n) is 19.0. The highest BCUT2D eigenvalue weighted by Gasteiger charge is 2.58. The number of para-hydroxylation sites is 2. The number of carboxylic acid groups (broad SMARTS) is 1. The Balaban J connectivity index is 0.861. The number of quaternary nitrogens is 1. The number of sulfonamides is 1. The fourth-order valence-electron chi connectivity index (χ4n) is 11.4. The van der Waals surface area contributed by atoms with Gasteiger partial charge in [0.1, 0.15) is 41.0 Å². The first-order chi connectivity index (χ1) is 35.1. The Labute approximate surface area is 422 Å². The van der Waals surface area contributed by atoms with Gasteiger partial charge in [0.05, 0.1) is 11.0 Å². The van der Waals surface area contributed by atoms with E-state index in [0.717, 1.165) is 69.3 Å². The van der Waals surface area contributed by atoms with E-state index in [-0.39, 0.29) is 52.7 Å². The average Bonchev–Trinajstić information content (AvgIpc) is 4.08. The van der Waals surface area contributed by atoms with Crippen molar-refractivity contribution >= 4 is 84.0 Å². The number of aliphatic carboxylic acids is 1. The van der Waals surface area contributed by atoms with Crippen LogP contribution >= 0.6 is 11.8 Å². The number of benzene rings is 5. The first-order valence-electron chi connectivity index (χ1n) is 23.7. The van der Waals surface area contributed by atoms with E-state index in [1.165, 1.54) is 24.2 Å². The molecule has 4 aromatic carbocycles. The molecule has 2 bridgehead atoms. The maximum absolute atomic E-state index is 15.1. The molecule has 73 heavy (non-hydrogen) atoms. The van der Waals surface area contributed by atoms with Gasteiger partial charge in [-0.1, -0.05) is 54.6 Å². The molecule has 0 radical (unpaired) electrons. The van der Waals surface area contributed by atoms with Gasteiger partial charge < -0.3 is 19.7 Å². The molecular formula is C51H47N7O12S3+2. The summed E-state index contributed by atoms with van der Waals surface area (Å²) in [4.78, 5) is 56.8. The maximum atomic E-state index is 15.1. The summed E-state index contributed by atoms with van der Waals surface area (Å²) < 4.78 is 76.7. The van der Waals surface area contributed by atoms with E-state index >= 15 is 8.42 Å². The van der Waals surface area contributed by atoms with Crippen LogP contribution in [0.4, 0.5) is 21.9 Å². The number of β-lactam (4-membered cyclic amide) rings is 1. The zero-order chi connectivity index (χ0) is 50.7. The maximum Gasteiger partial charge on any atom is 0.443 e. The minimum absolute atomic E-state index is 0.00990. The molecule has 2 unspecified atom stereocenters. The first kappa shape index (κ1) is 47.1. The quantitative estimate of drug-likeness (QED) is 0.0630. The van der Waals surface area contributed by atoms with Crippen LogP contribution in [0, 0.1) is 0 Å². The monoisotopic (exact) mass is 1050 g/mol. The minimum atomic E-state index is -5.00. The number of thioether (sulfide) groups is 1. The normalized spacial score (nSPS) is 23.3. The molecule has 4 amide bonds. The summed E-state index contributed by atoms with van der Waals surface area (Å²) in [5, 5.41) is 14.6. The molecule has 3 fully saturated rings. The number of amides is 4. The number of hydrogen-bond acceptors (Lipinski definition) is 12. The number of carboxylic acids is 1. The molecule has 12 rings (SSSR count). The molecule has 3 saturated heterocycles. The summed E-state index contributed by atoms with van der Waals surface area (Å²) in [7, 11) is -8.04. The van der Waals surface area contributed by atoms with Crippen LogP contribution in [0.2, 0.25) is 0 Å². The lowest BCUT2D eigenvalue weighted by atomic mass is 9.93. The third kappa shape index (κ3) is 7.90. The van der Waals surface area contributed by atoms with E-state index in [4.69, 9.17) is 4.42 Å². The lowest BCUT2D eigenvalue weighted by molar-refractivity contribution is -0.830. The second kappa shape index (κ2) is 17.6. The van der Waals surface area contributed by atoms with E-state index in [2.05, 4.69) is 43.3 Å². The molecule has 7 heterocycles. The molecule has 0 spiro atoms. The topological polar surface area (TPSA) is 232 Å². The number of carbonyl (C=O) groups excluding carboxylic acids is 3. The molecule has 374 valence electrons. The summed E-state index contributed by atoms with van der Waals surface area (Å²) in [6, 6.07) is 31.5. The van der Waals surface area contributed by atoms with Crippen molar-refractivity contribution in [2.45, 2.75) is 54.1 Å². The fourth-order valence-corrected chi connectivity index (χ4v) is 14.5. The van der Waals surface area contributed by atoms with Crippen molar-refractivity contribution in [2.75, 3.05) is 43.9 Å². The summed E-state index contributed by atoms with van der Waals surface area (Å²) >= 11 is 1.16. The van der Waals surface area contributed by atoms with Crippen LogP contribution in [0.1, 0.15) is 24.0 Å². The molecule has 8 aliphatic rings. The van der Waals surface area contributed by atoms with Crippen molar-refractivity contribution in [2.24, 2.45) is 0 Å². The van der Waals surface area contributed by atoms with Gasteiger partial charge in [0.2, 0.25) is 21.1 Å². The van der Waals surface area contributed by atoms with E-state index < -0.39 is 67.7 Å². The van der Waals surface area contributed by atoms with Gasteiger partial charge in [-0.25, -0.2) is 22.9 Å². The molecule has 5 atom stereocenters. The van der Waals surface area contributed by atoms with Crippen molar-refractivity contribution in [1.82, 2.24) is 24.2 Å². The molecule has 4 aromatic rings. The number of nitrogens with one attached hydrogen (secondary N) is 2. The van der Waals surface area contributed by atoms with Crippen LogP contribution in [0.5, 0.6) is 0 Å². The number of likely N-dealkylation sites (N-methyl/N-ethyl adjacent to an activating group) is 1. The molecule has 1 aliphatic carbocycles. The number of carbonyl (C=O) groups is 4. The number of hydrogen-bond donors (Lipinski definition) is 4. The van der Waals surface area contributed by atoms with Gasteiger partial charge in [-0.3, -0.25) is 19.0 Å². The highest BCUT2D eigenvalue weighted by molar-refractivity contribution is 8.00. The van der Waals surface area contributed by atoms with Gasteiger partial charge >= 0.3 is 22.4 Å². The van der Waals surface area contributed by atoms with Crippen molar-refractivity contribution in [3.05, 3.63) is 137 Å². The van der Waals surface area contributed by atoms with Crippen molar-refractivity contribution < 1.29 is 59.3 Å². The number of nitrogens with zero attached hydrogens (tertiary/aromatic N) is 5. The van der Waals surface area contributed by atoms with Crippen LogP contribution < -0.4 is 25.0 Å². The first-order valence-corrected chi connectivity index (χ1v) is 27.6. The van der Waals surface area contributed by atoms with E-state index in [1.54, 1.807) is 18.2 Å². The highest BCUT2D eigenvalue weighted by atomic mass is 32.3. The molecule has 0 saturated carbocycles. The smallest absolute Gasteiger partial charge is 0.443 e. The SMILES string of the molecule is CN(CC1=C(C(=O)O)N2C(=O)[C@@H](NC(=O)C3CC[C@H]4C[NH+]3C(=O)N4OS(=O)(=O)O)[C@H]2SC1)S(=O)(=O)c1ccccc1-c1c2ccc(=[N+]3CCc4ccccc43)cc-2oc2cc(N3CCc4ccccc43)ccc12. The lowest BCUT2D eigenvalue weighted by Gasteiger charge is -2.49. The van der Waals surface area contributed by atoms with Gasteiger partial charge in [-0.05, 0) is 54.3 Å². The van der Waals surface area contributed by atoms with E-state index in [9.17, 15) is 37.3 Å². The second-order valence-corrected chi connectivity index (χ2v) is 23.1. The van der Waals surface area contributed by atoms with Gasteiger partial charge in [0.15, 0.2) is 12.6 Å². The number of piperidine rings is 1. The largest absolute Gasteiger partial charge is 0.477 e. The zero-order valence-corrected chi connectivity index (χ0v) is 41.5. The van der Waals surface area contributed by atoms with Gasteiger partial charge in [0, 0.05) is 95.9 Å². The van der Waals surface area contributed by atoms with E-state index in [1.807, 2.05) is 60.7 Å². The number of hydroxylamine groups is 2. The molecule has 22 heteroatoms. The Bertz CT molecular complexity index is 3690. The predicted octanol–water partition coefficient (Wildman–Crippen LogP) is 3.50. The van der Waals surface area contributed by atoms with Crippen LogP contribution in [0.3, 0.4) is 0 Å². The summed E-state index contributed by atoms with van der Waals surface area (Å²) in [5.74, 6) is -2.29. The third-order valence-corrected chi connectivity index (χ3v) is 18.4. The number of rotatable bonds is 11. The minimum Gasteiger partial charge on any atom is -0.477 e. The molecule has 7 aliphatic heterocycles. The molecule has 19 nitrogen and oxygen atoms in total. The fraction of sp³-hybridized carbons (Fsp3) is 0.275. The lowest BCUT2D eigenvalue weighted by Crippen LogP contribution is -3.18. The highest BCUT2D eigenvalue weighted by Crippen LogP contribution is 2.46. The Morgan fingerprint density at radius 1 is 0.918 bits per heavy atom. The molecule has 0 aromatic heterocycles. The summed E-state index contributed by atoms with van der Waals surface area (Å²) in [6.45, 7) is 1.21. The number of anilines is 2. The Kier molecular flexibility index (Phi) is 11.4. The predicted molar refractivity (Wildman–Crippen MR) is 267 cm³/mol. The average molecular weight is 1050 g/mol. The summed E-state index contributed by atoms with van der Waals surface area (Å²) in [5.41, 5.74) is 7.71. The number of urea groups is 1. The van der Waals surface area contributed by atoms with Crippen LogP contribution in [-0.4, -0.2) is 127 Å². The van der Waals surface area contributed by atoms with Crippen LogP contribution in [0.15, 0.2) is 130 Å². The van der Waals surface area contributed by atoms with Gasteiger partial charge in [-0.2, -0.15) is 17.3 Å². The summed E-state index contributed by atoms with van der Waals surface area (Å²) in [6.07, 6.45) is 2.09. The van der Waals surface area contributed by atoms with Crippen LogP contribution in [-0.2, 0) is 51.9 Å². The van der Waals surface area contributed by atoms with Crippen molar-refractivity contribution in [3.8, 4) is 22.5 Å². The Hall–Kier alpha value is -6.92. The standard InChI is InChI=1S/C51H45N7O12S3/c1-53(26-31-28-71-49-45(48(60)57(49)46(31)50(61)62)52-47(59)40-19-16-34-27-56(40)51(63)58(34)70-73(66,67)68)72(64,65)43-13-7-4-10-37(43)44-35-17-14-32(54-22-20-29-8-2-5-11-38(29)54)24-41(35)69-42-25-33(15-18-36(42)44)55-23-21-30-9-3-6-12-39(30)55/h2-15,17-18,24-25,34,40,45,49H,16,19-23,26-28H2,1H3,(H2-,52,59,61,62,66,67,68)/p+2/t34-,40?,45+,49+/m0/s1. The third-order valence-electron chi connectivity index (χ3n) is 14.9. The molecular weight excluding hydrogens is 999 g/mol. The van der Waals surface area contributed by atoms with Crippen molar-refractivity contribution in [1.29, 1.82) is 0 Å². The zero-order valence-electron chi connectivity index (χ0n) is 39.0. The van der Waals surface area contributed by atoms with Crippen molar-refractivity contribution in [3.63, 3.8) is 0 Å². The van der Waals surface area contributed by atoms with E-state index in [0.29, 0.717) is 38.5 Å². The van der Waals surface area contributed by atoms with Crippen LogP contribution in [0.25, 0.3) is 33.4 Å². The van der Waals surface area contributed by atoms with Gasteiger partial charge in [-0.15, -0.1) is 21.1 Å². The Morgan fingerprint density at radius 3 is 2.49 bits per heavy atom. The van der Waals surface area contributed by atoms with Gasteiger partial charge in [0.25, 0.3) is 11.8 Å². The molecule has 4 N–H and O–H groups in total. The Morgan fingerprint density at radius 2 is 1.68 bits per heavy atom.